The molecular weight excluding hydrogens is 246 g/mol. The molecule has 0 aliphatic carbocycles. The highest BCUT2D eigenvalue weighted by Crippen LogP contribution is 2.02. The van der Waals surface area contributed by atoms with E-state index in [1.807, 2.05) is 30.3 Å². The Morgan fingerprint density at radius 1 is 1.21 bits per heavy atom. The number of aliphatic hydroxyl groups is 1. The summed E-state index contributed by atoms with van der Waals surface area (Å²) in [7, 11) is 0. The van der Waals surface area contributed by atoms with E-state index < -0.39 is 17.9 Å². The molecule has 1 rings (SSSR count). The fourth-order valence-corrected chi connectivity index (χ4v) is 1.58. The average Bonchev–Trinajstić information content (AvgIpc) is 2.44. The minimum absolute atomic E-state index is 0.231. The molecule has 0 fully saturated rings. The summed E-state index contributed by atoms with van der Waals surface area (Å²) in [6.07, 6.45) is 0.466. The van der Waals surface area contributed by atoms with E-state index in [-0.39, 0.29) is 19.7 Å². The predicted octanol–water partition coefficient (Wildman–Crippen LogP) is -1.22. The first-order valence-electron chi connectivity index (χ1n) is 6.11. The lowest BCUT2D eigenvalue weighted by molar-refractivity contribution is -0.139. The van der Waals surface area contributed by atoms with Gasteiger partial charge >= 0.3 is 11.8 Å². The monoisotopic (exact) mass is 265 g/mol. The Kier molecular flexibility index (Phi) is 6.56. The minimum atomic E-state index is -0.761. The zero-order valence-corrected chi connectivity index (χ0v) is 10.6. The molecule has 6 heteroatoms. The predicted molar refractivity (Wildman–Crippen MR) is 71.2 cm³/mol. The van der Waals surface area contributed by atoms with Crippen LogP contribution in [0.5, 0.6) is 0 Å². The molecule has 5 N–H and O–H groups in total. The number of nitrogens with two attached hydrogens (primary N) is 1. The van der Waals surface area contributed by atoms with Crippen molar-refractivity contribution in [3.8, 4) is 0 Å². The Bertz CT molecular complexity index is 409. The fraction of sp³-hybridized carbons (Fsp3) is 0.385. The molecule has 0 bridgehead atoms. The van der Waals surface area contributed by atoms with Gasteiger partial charge in [0.15, 0.2) is 0 Å². The lowest BCUT2D eigenvalue weighted by Gasteiger charge is -2.16. The Morgan fingerprint density at radius 3 is 2.47 bits per heavy atom. The summed E-state index contributed by atoms with van der Waals surface area (Å²) in [5.41, 5.74) is 6.20. The second-order valence-electron chi connectivity index (χ2n) is 4.09. The van der Waals surface area contributed by atoms with E-state index >= 15 is 0 Å². The van der Waals surface area contributed by atoms with Crippen LogP contribution in [0.25, 0.3) is 0 Å². The largest absolute Gasteiger partial charge is 0.394 e. The number of hydrogen-bond donors (Lipinski definition) is 4. The van der Waals surface area contributed by atoms with E-state index in [4.69, 9.17) is 5.73 Å². The first-order valence-corrected chi connectivity index (χ1v) is 6.11. The molecule has 1 aromatic rings. The molecule has 0 unspecified atom stereocenters. The summed E-state index contributed by atoms with van der Waals surface area (Å²) >= 11 is 0. The van der Waals surface area contributed by atoms with Gasteiger partial charge < -0.3 is 21.5 Å². The minimum Gasteiger partial charge on any atom is -0.394 e. The SMILES string of the molecule is NCCNC(=O)C(=O)N[C@@H](CO)Cc1ccccc1. The van der Waals surface area contributed by atoms with Gasteiger partial charge in [0, 0.05) is 13.1 Å². The molecular formula is C13H19N3O3. The molecule has 0 saturated carbocycles. The van der Waals surface area contributed by atoms with Crippen molar-refractivity contribution in [3.63, 3.8) is 0 Å². The first kappa shape index (κ1) is 15.1. The third kappa shape index (κ3) is 5.50. The Morgan fingerprint density at radius 2 is 1.89 bits per heavy atom. The fourth-order valence-electron chi connectivity index (χ4n) is 1.58. The van der Waals surface area contributed by atoms with Crippen molar-refractivity contribution in [3.05, 3.63) is 35.9 Å². The number of aliphatic hydroxyl groups excluding tert-OH is 1. The van der Waals surface area contributed by atoms with Crippen molar-refractivity contribution >= 4 is 11.8 Å². The van der Waals surface area contributed by atoms with Crippen LogP contribution in [-0.2, 0) is 16.0 Å². The van der Waals surface area contributed by atoms with Crippen LogP contribution in [0.2, 0.25) is 0 Å². The number of rotatable bonds is 6. The highest BCUT2D eigenvalue weighted by molar-refractivity contribution is 6.35. The van der Waals surface area contributed by atoms with Gasteiger partial charge in [-0.05, 0) is 12.0 Å². The van der Waals surface area contributed by atoms with Gasteiger partial charge in [-0.3, -0.25) is 9.59 Å². The molecule has 1 atom stereocenters. The summed E-state index contributed by atoms with van der Waals surface area (Å²) < 4.78 is 0. The third-order valence-electron chi connectivity index (χ3n) is 2.52. The van der Waals surface area contributed by atoms with Crippen molar-refractivity contribution in [1.82, 2.24) is 10.6 Å². The molecule has 0 saturated heterocycles. The van der Waals surface area contributed by atoms with Gasteiger partial charge in [-0.1, -0.05) is 30.3 Å². The molecule has 0 aliphatic heterocycles. The molecule has 0 spiro atoms. The van der Waals surface area contributed by atoms with E-state index in [9.17, 15) is 14.7 Å². The molecule has 0 aromatic heterocycles. The van der Waals surface area contributed by atoms with Gasteiger partial charge in [-0.2, -0.15) is 0 Å². The molecule has 6 nitrogen and oxygen atoms in total. The highest BCUT2D eigenvalue weighted by Gasteiger charge is 2.17. The van der Waals surface area contributed by atoms with Gasteiger partial charge in [0.1, 0.15) is 0 Å². The van der Waals surface area contributed by atoms with Crippen molar-refractivity contribution in [2.24, 2.45) is 5.73 Å². The van der Waals surface area contributed by atoms with Crippen LogP contribution in [0, 0.1) is 0 Å². The molecule has 0 radical (unpaired) electrons. The first-order chi connectivity index (χ1) is 9.17. The number of benzene rings is 1. The number of nitrogens with one attached hydrogen (secondary N) is 2. The van der Waals surface area contributed by atoms with Gasteiger partial charge in [0.25, 0.3) is 0 Å². The van der Waals surface area contributed by atoms with Crippen LogP contribution in [0.1, 0.15) is 5.56 Å². The van der Waals surface area contributed by atoms with Crippen LogP contribution < -0.4 is 16.4 Å². The Hall–Kier alpha value is -1.92. The second-order valence-corrected chi connectivity index (χ2v) is 4.09. The van der Waals surface area contributed by atoms with Crippen LogP contribution >= 0.6 is 0 Å². The highest BCUT2D eigenvalue weighted by atomic mass is 16.3. The number of hydrogen-bond acceptors (Lipinski definition) is 4. The maximum absolute atomic E-state index is 11.5. The van der Waals surface area contributed by atoms with Gasteiger partial charge in [-0.15, -0.1) is 0 Å². The average molecular weight is 265 g/mol. The molecule has 19 heavy (non-hydrogen) atoms. The standard InChI is InChI=1S/C13H19N3O3/c14-6-7-15-12(18)13(19)16-11(9-17)8-10-4-2-1-3-5-10/h1-5,11,17H,6-9,14H2,(H,15,18)(H,16,19)/t11-/m1/s1. The van der Waals surface area contributed by atoms with E-state index in [1.54, 1.807) is 0 Å². The van der Waals surface area contributed by atoms with Gasteiger partial charge in [0.2, 0.25) is 0 Å². The summed E-state index contributed by atoms with van der Waals surface area (Å²) in [5, 5.41) is 14.1. The van der Waals surface area contributed by atoms with Crippen molar-refractivity contribution in [2.75, 3.05) is 19.7 Å². The topological polar surface area (TPSA) is 104 Å². The molecule has 0 aliphatic rings. The van der Waals surface area contributed by atoms with E-state index in [1.165, 1.54) is 0 Å². The summed E-state index contributed by atoms with van der Waals surface area (Å²) in [6, 6.07) is 8.93. The summed E-state index contributed by atoms with van der Waals surface area (Å²) in [6.45, 7) is 0.284. The van der Waals surface area contributed by atoms with E-state index in [0.717, 1.165) is 5.56 Å². The van der Waals surface area contributed by atoms with Crippen LogP contribution in [-0.4, -0.2) is 42.7 Å². The molecule has 0 heterocycles. The lowest BCUT2D eigenvalue weighted by Crippen LogP contribution is -2.47. The summed E-state index contributed by atoms with van der Waals surface area (Å²) in [5.74, 6) is -1.50. The molecule has 104 valence electrons. The van der Waals surface area contributed by atoms with Gasteiger partial charge in [-0.25, -0.2) is 0 Å². The van der Waals surface area contributed by atoms with Crippen LogP contribution in [0.3, 0.4) is 0 Å². The smallest absolute Gasteiger partial charge is 0.309 e. The third-order valence-corrected chi connectivity index (χ3v) is 2.52. The molecule has 1 aromatic carbocycles. The van der Waals surface area contributed by atoms with Gasteiger partial charge in [0.05, 0.1) is 12.6 Å². The number of carbonyl (C=O) groups excluding carboxylic acids is 2. The zero-order chi connectivity index (χ0) is 14.1. The quantitative estimate of drug-likeness (QED) is 0.484. The lowest BCUT2D eigenvalue weighted by atomic mass is 10.1. The maximum Gasteiger partial charge on any atom is 0.309 e. The normalized spacial score (nSPS) is 11.7. The Labute approximate surface area is 112 Å². The summed E-state index contributed by atoms with van der Waals surface area (Å²) in [4.78, 5) is 22.9. The van der Waals surface area contributed by atoms with E-state index in [0.29, 0.717) is 6.42 Å². The second kappa shape index (κ2) is 8.23. The number of amides is 2. The van der Waals surface area contributed by atoms with Crippen molar-refractivity contribution in [1.29, 1.82) is 0 Å². The van der Waals surface area contributed by atoms with Crippen molar-refractivity contribution in [2.45, 2.75) is 12.5 Å². The number of carbonyl (C=O) groups is 2. The van der Waals surface area contributed by atoms with Crippen molar-refractivity contribution < 1.29 is 14.7 Å². The van der Waals surface area contributed by atoms with Crippen LogP contribution in [0.4, 0.5) is 0 Å². The van der Waals surface area contributed by atoms with Crippen LogP contribution in [0.15, 0.2) is 30.3 Å². The zero-order valence-electron chi connectivity index (χ0n) is 10.6. The molecule has 2 amide bonds. The Balaban J connectivity index is 2.48. The maximum atomic E-state index is 11.5. The van der Waals surface area contributed by atoms with E-state index in [2.05, 4.69) is 10.6 Å².